The van der Waals surface area contributed by atoms with Gasteiger partial charge in [0, 0.05) is 24.6 Å². The highest BCUT2D eigenvalue weighted by Crippen LogP contribution is 2.17. The molecule has 0 spiro atoms. The standard InChI is InChI=1S/C14H16N2O3/c1-2-19-12(14(17)18)10-16-9-8-15-13(16)11-6-4-3-5-7-11/h3-9,12H,2,10H2,1H3,(H,17,18). The van der Waals surface area contributed by atoms with Gasteiger partial charge in [0.25, 0.3) is 0 Å². The van der Waals surface area contributed by atoms with Crippen LogP contribution >= 0.6 is 0 Å². The summed E-state index contributed by atoms with van der Waals surface area (Å²) < 4.78 is 7.01. The number of hydrogen-bond donors (Lipinski definition) is 1. The third-order valence-corrected chi connectivity index (χ3v) is 2.75. The van der Waals surface area contributed by atoms with E-state index in [1.807, 2.05) is 30.3 Å². The van der Waals surface area contributed by atoms with Crippen molar-refractivity contribution in [3.63, 3.8) is 0 Å². The zero-order valence-electron chi connectivity index (χ0n) is 10.7. The first-order chi connectivity index (χ1) is 9.22. The smallest absolute Gasteiger partial charge is 0.334 e. The van der Waals surface area contributed by atoms with Gasteiger partial charge in [-0.1, -0.05) is 30.3 Å². The maximum Gasteiger partial charge on any atom is 0.334 e. The Balaban J connectivity index is 2.22. The number of carbonyl (C=O) groups is 1. The molecular weight excluding hydrogens is 244 g/mol. The predicted molar refractivity (Wildman–Crippen MR) is 70.7 cm³/mol. The van der Waals surface area contributed by atoms with Gasteiger partial charge in [-0.15, -0.1) is 0 Å². The number of imidazole rings is 1. The lowest BCUT2D eigenvalue weighted by molar-refractivity contribution is -0.150. The van der Waals surface area contributed by atoms with Crippen molar-refractivity contribution < 1.29 is 14.6 Å². The van der Waals surface area contributed by atoms with E-state index in [2.05, 4.69) is 4.98 Å². The van der Waals surface area contributed by atoms with Crippen molar-refractivity contribution in [2.24, 2.45) is 0 Å². The molecule has 1 unspecified atom stereocenters. The van der Waals surface area contributed by atoms with Crippen molar-refractivity contribution in [3.05, 3.63) is 42.7 Å². The fourth-order valence-corrected chi connectivity index (χ4v) is 1.89. The summed E-state index contributed by atoms with van der Waals surface area (Å²) in [5.74, 6) is -0.221. The molecule has 5 heteroatoms. The molecule has 1 aromatic carbocycles. The third-order valence-electron chi connectivity index (χ3n) is 2.75. The second kappa shape index (κ2) is 6.15. The Hall–Kier alpha value is -2.14. The van der Waals surface area contributed by atoms with Crippen molar-refractivity contribution >= 4 is 5.97 Å². The lowest BCUT2D eigenvalue weighted by Gasteiger charge is -2.15. The molecule has 0 aliphatic carbocycles. The van der Waals surface area contributed by atoms with Crippen LogP contribution in [0.15, 0.2) is 42.7 Å². The van der Waals surface area contributed by atoms with Gasteiger partial charge in [-0.25, -0.2) is 9.78 Å². The quantitative estimate of drug-likeness (QED) is 0.863. The van der Waals surface area contributed by atoms with E-state index in [1.165, 1.54) is 0 Å². The molecule has 0 aliphatic rings. The predicted octanol–water partition coefficient (Wildman–Crippen LogP) is 2.04. The Morgan fingerprint density at radius 2 is 2.16 bits per heavy atom. The molecule has 5 nitrogen and oxygen atoms in total. The molecule has 1 N–H and O–H groups in total. The van der Waals surface area contributed by atoms with E-state index < -0.39 is 12.1 Å². The van der Waals surface area contributed by atoms with Gasteiger partial charge in [-0.3, -0.25) is 0 Å². The minimum atomic E-state index is -0.963. The largest absolute Gasteiger partial charge is 0.479 e. The highest BCUT2D eigenvalue weighted by Gasteiger charge is 2.19. The first-order valence-corrected chi connectivity index (χ1v) is 6.13. The van der Waals surface area contributed by atoms with Crippen molar-refractivity contribution in [3.8, 4) is 11.4 Å². The average Bonchev–Trinajstić information content (AvgIpc) is 2.87. The maximum atomic E-state index is 11.1. The Labute approximate surface area is 111 Å². The van der Waals surface area contributed by atoms with Crippen LogP contribution in [0.5, 0.6) is 0 Å². The normalized spacial score (nSPS) is 12.3. The van der Waals surface area contributed by atoms with E-state index in [0.717, 1.165) is 11.4 Å². The molecular formula is C14H16N2O3. The van der Waals surface area contributed by atoms with Gasteiger partial charge in [0.2, 0.25) is 0 Å². The molecule has 0 radical (unpaired) electrons. The minimum absolute atomic E-state index is 0.243. The van der Waals surface area contributed by atoms with Gasteiger partial charge >= 0.3 is 5.97 Å². The summed E-state index contributed by atoms with van der Waals surface area (Å²) in [6.45, 7) is 2.39. The average molecular weight is 260 g/mol. The van der Waals surface area contributed by atoms with E-state index in [9.17, 15) is 4.79 Å². The molecule has 1 heterocycles. The number of carboxylic acid groups (broad SMARTS) is 1. The Morgan fingerprint density at radius 1 is 1.42 bits per heavy atom. The molecule has 100 valence electrons. The monoisotopic (exact) mass is 260 g/mol. The van der Waals surface area contributed by atoms with Crippen LogP contribution in [-0.4, -0.2) is 33.3 Å². The Bertz CT molecular complexity index is 537. The summed E-state index contributed by atoms with van der Waals surface area (Å²) in [6, 6.07) is 9.65. The van der Waals surface area contributed by atoms with Gasteiger partial charge in [-0.05, 0) is 6.92 Å². The van der Waals surface area contributed by atoms with Crippen LogP contribution in [0.3, 0.4) is 0 Å². The van der Waals surface area contributed by atoms with E-state index in [-0.39, 0.29) is 6.54 Å². The van der Waals surface area contributed by atoms with Crippen LogP contribution in [-0.2, 0) is 16.1 Å². The number of aliphatic carboxylic acids is 1. The van der Waals surface area contributed by atoms with Crippen molar-refractivity contribution in [2.45, 2.75) is 19.6 Å². The van der Waals surface area contributed by atoms with Crippen LogP contribution in [0.2, 0.25) is 0 Å². The van der Waals surface area contributed by atoms with Gasteiger partial charge in [0.15, 0.2) is 6.10 Å². The summed E-state index contributed by atoms with van der Waals surface area (Å²) >= 11 is 0. The van der Waals surface area contributed by atoms with Crippen LogP contribution in [0, 0.1) is 0 Å². The number of aromatic nitrogens is 2. The first-order valence-electron chi connectivity index (χ1n) is 6.13. The number of benzene rings is 1. The van der Waals surface area contributed by atoms with Crippen LogP contribution < -0.4 is 0 Å². The number of rotatable bonds is 6. The zero-order chi connectivity index (χ0) is 13.7. The first kappa shape index (κ1) is 13.3. The van der Waals surface area contributed by atoms with Crippen molar-refractivity contribution in [1.29, 1.82) is 0 Å². The summed E-state index contributed by atoms with van der Waals surface area (Å²) in [5, 5.41) is 9.11. The number of hydrogen-bond acceptors (Lipinski definition) is 3. The Kier molecular flexibility index (Phi) is 4.30. The summed E-state index contributed by atoms with van der Waals surface area (Å²) in [4.78, 5) is 15.4. The molecule has 2 aromatic rings. The minimum Gasteiger partial charge on any atom is -0.479 e. The molecule has 1 aromatic heterocycles. The molecule has 0 bridgehead atoms. The summed E-state index contributed by atoms with van der Waals surface area (Å²) in [7, 11) is 0. The second-order valence-electron chi connectivity index (χ2n) is 4.05. The fourth-order valence-electron chi connectivity index (χ4n) is 1.89. The molecule has 0 aliphatic heterocycles. The molecule has 0 saturated heterocycles. The lowest BCUT2D eigenvalue weighted by atomic mass is 10.2. The fraction of sp³-hybridized carbons (Fsp3) is 0.286. The van der Waals surface area contributed by atoms with Gasteiger partial charge in [0.05, 0.1) is 6.54 Å². The number of ether oxygens (including phenoxy) is 1. The summed E-state index contributed by atoms with van der Waals surface area (Å²) in [6.07, 6.45) is 2.56. The highest BCUT2D eigenvalue weighted by molar-refractivity contribution is 5.72. The van der Waals surface area contributed by atoms with Crippen molar-refractivity contribution in [2.75, 3.05) is 6.61 Å². The van der Waals surface area contributed by atoms with Crippen LogP contribution in [0.1, 0.15) is 6.92 Å². The molecule has 0 amide bonds. The van der Waals surface area contributed by atoms with E-state index >= 15 is 0 Å². The maximum absolute atomic E-state index is 11.1. The topological polar surface area (TPSA) is 64.4 Å². The van der Waals surface area contributed by atoms with Crippen molar-refractivity contribution in [1.82, 2.24) is 9.55 Å². The Morgan fingerprint density at radius 3 is 2.79 bits per heavy atom. The SMILES string of the molecule is CCOC(Cn1ccnc1-c1ccccc1)C(=O)O. The molecule has 2 rings (SSSR count). The van der Waals surface area contributed by atoms with Gasteiger partial charge in [-0.2, -0.15) is 0 Å². The third kappa shape index (κ3) is 3.20. The van der Waals surface area contributed by atoms with E-state index in [1.54, 1.807) is 23.9 Å². The lowest BCUT2D eigenvalue weighted by Crippen LogP contribution is -2.29. The van der Waals surface area contributed by atoms with Crippen LogP contribution in [0.25, 0.3) is 11.4 Å². The number of carboxylic acids is 1. The number of nitrogens with zero attached hydrogens (tertiary/aromatic N) is 2. The van der Waals surface area contributed by atoms with E-state index in [4.69, 9.17) is 9.84 Å². The highest BCUT2D eigenvalue weighted by atomic mass is 16.5. The van der Waals surface area contributed by atoms with Gasteiger partial charge < -0.3 is 14.4 Å². The molecule has 1 atom stereocenters. The zero-order valence-corrected chi connectivity index (χ0v) is 10.7. The van der Waals surface area contributed by atoms with Crippen LogP contribution in [0.4, 0.5) is 0 Å². The molecule has 0 fully saturated rings. The van der Waals surface area contributed by atoms with Gasteiger partial charge in [0.1, 0.15) is 5.82 Å². The molecule has 0 saturated carbocycles. The second-order valence-corrected chi connectivity index (χ2v) is 4.05. The molecule has 19 heavy (non-hydrogen) atoms. The summed E-state index contributed by atoms with van der Waals surface area (Å²) in [5.41, 5.74) is 0.952. The van der Waals surface area contributed by atoms with E-state index in [0.29, 0.717) is 6.61 Å².